The number of primary amides is 1. The molecule has 0 aromatic carbocycles. The van der Waals surface area contributed by atoms with E-state index in [-0.39, 0.29) is 23.8 Å². The van der Waals surface area contributed by atoms with Gasteiger partial charge in [-0.25, -0.2) is 4.79 Å². The molecule has 4 amide bonds. The Labute approximate surface area is 179 Å². The van der Waals surface area contributed by atoms with Crippen LogP contribution in [0.15, 0.2) is 0 Å². The Kier molecular flexibility index (Phi) is 12.4. The fraction of sp³-hybridized carbons (Fsp3) is 0.688. The van der Waals surface area contributed by atoms with Gasteiger partial charge in [-0.05, 0) is 12.3 Å². The van der Waals surface area contributed by atoms with Crippen LogP contribution < -0.4 is 27.4 Å². The highest BCUT2D eigenvalue weighted by Crippen LogP contribution is 2.06. The molecule has 0 saturated carbocycles. The molecule has 11 nitrogen and oxygen atoms in total. The summed E-state index contributed by atoms with van der Waals surface area (Å²) in [5, 5.41) is 16.2. The van der Waals surface area contributed by atoms with Crippen molar-refractivity contribution in [3.8, 4) is 0 Å². The molecule has 13 heteroatoms. The minimum absolute atomic E-state index is 0.00480. The highest BCUT2D eigenvalue weighted by Gasteiger charge is 2.30. The Morgan fingerprint density at radius 1 is 0.862 bits per heavy atom. The Hall–Kier alpha value is -1.99. The lowest BCUT2D eigenvalue weighted by atomic mass is 10.0. The van der Waals surface area contributed by atoms with E-state index in [2.05, 4.69) is 41.2 Å². The third-order valence-electron chi connectivity index (χ3n) is 3.71. The number of amides is 4. The molecule has 0 aliphatic carbocycles. The van der Waals surface area contributed by atoms with Crippen LogP contribution in [0.1, 0.15) is 26.7 Å². The number of carbonyl (C=O) groups is 5. The van der Waals surface area contributed by atoms with Gasteiger partial charge in [-0.3, -0.25) is 19.2 Å². The minimum Gasteiger partial charge on any atom is -0.480 e. The number of aliphatic carboxylic acids is 1. The topological polar surface area (TPSA) is 194 Å². The molecule has 0 aromatic rings. The van der Waals surface area contributed by atoms with Crippen molar-refractivity contribution in [3.05, 3.63) is 0 Å². The molecule has 0 aliphatic rings. The second kappa shape index (κ2) is 13.3. The Bertz CT molecular complexity index is 619. The molecule has 0 heterocycles. The van der Waals surface area contributed by atoms with Crippen LogP contribution in [0.5, 0.6) is 0 Å². The smallest absolute Gasteiger partial charge is 0.326 e. The first-order chi connectivity index (χ1) is 13.4. The van der Waals surface area contributed by atoms with E-state index in [1.54, 1.807) is 13.8 Å². The molecule has 0 fully saturated rings. The number of hydrogen-bond donors (Lipinski definition) is 8. The van der Waals surface area contributed by atoms with E-state index >= 15 is 0 Å². The average molecular weight is 452 g/mol. The SMILES string of the molecule is CC(C)CC(NC(=O)C(CS)NC(=O)C(CC(N)=O)NC(=O)C(N)CS)C(=O)O. The standard InChI is InChI=1S/C16H29N5O6S2/c1-7(2)3-10(16(26)27)20-15(25)11(6-29)21-14(24)9(4-12(18)22)19-13(23)8(17)5-28/h7-11,28-29H,3-6,17H2,1-2H3,(H2,18,22)(H,19,23)(H,20,25)(H,21,24)(H,26,27). The Morgan fingerprint density at radius 2 is 1.34 bits per heavy atom. The largest absolute Gasteiger partial charge is 0.480 e. The van der Waals surface area contributed by atoms with Crippen LogP contribution in [-0.4, -0.2) is 70.4 Å². The number of carbonyl (C=O) groups excluding carboxylic acids is 4. The third kappa shape index (κ3) is 10.4. The molecule has 0 radical (unpaired) electrons. The summed E-state index contributed by atoms with van der Waals surface area (Å²) in [5.74, 6) is -4.58. The molecule has 0 aliphatic heterocycles. The summed E-state index contributed by atoms with van der Waals surface area (Å²) < 4.78 is 0. The van der Waals surface area contributed by atoms with Gasteiger partial charge in [-0.15, -0.1) is 0 Å². The number of carboxylic acids is 1. The van der Waals surface area contributed by atoms with Crippen molar-refractivity contribution in [3.63, 3.8) is 0 Å². The van der Waals surface area contributed by atoms with Crippen molar-refractivity contribution in [1.29, 1.82) is 0 Å². The van der Waals surface area contributed by atoms with Crippen LogP contribution in [0.25, 0.3) is 0 Å². The van der Waals surface area contributed by atoms with E-state index in [1.807, 2.05) is 0 Å². The molecule has 0 spiro atoms. The summed E-state index contributed by atoms with van der Waals surface area (Å²) in [6.45, 7) is 3.60. The maximum absolute atomic E-state index is 12.5. The van der Waals surface area contributed by atoms with Crippen molar-refractivity contribution >= 4 is 54.9 Å². The third-order valence-corrected chi connectivity index (χ3v) is 4.47. The summed E-state index contributed by atoms with van der Waals surface area (Å²) in [4.78, 5) is 59.3. The molecule has 0 rings (SSSR count). The predicted octanol–water partition coefficient (Wildman–Crippen LogP) is -2.37. The monoisotopic (exact) mass is 451 g/mol. The van der Waals surface area contributed by atoms with E-state index in [0.717, 1.165) is 0 Å². The van der Waals surface area contributed by atoms with Crippen LogP contribution in [0.3, 0.4) is 0 Å². The molecule has 29 heavy (non-hydrogen) atoms. The highest BCUT2D eigenvalue weighted by atomic mass is 32.1. The first kappa shape index (κ1) is 27.0. The molecule has 4 unspecified atom stereocenters. The summed E-state index contributed by atoms with van der Waals surface area (Å²) in [6, 6.07) is -4.73. The summed E-state index contributed by atoms with van der Waals surface area (Å²) in [6.07, 6.45) is -0.334. The van der Waals surface area contributed by atoms with Crippen molar-refractivity contribution in [2.75, 3.05) is 11.5 Å². The minimum atomic E-state index is -1.37. The number of hydrogen-bond acceptors (Lipinski definition) is 8. The van der Waals surface area contributed by atoms with Crippen LogP contribution in [0.2, 0.25) is 0 Å². The average Bonchev–Trinajstić information content (AvgIpc) is 2.62. The maximum Gasteiger partial charge on any atom is 0.326 e. The van der Waals surface area contributed by atoms with Crippen molar-refractivity contribution in [1.82, 2.24) is 16.0 Å². The normalized spacial score (nSPS) is 15.0. The molecule has 0 aromatic heterocycles. The summed E-state index contributed by atoms with van der Waals surface area (Å²) >= 11 is 7.88. The molecular weight excluding hydrogens is 422 g/mol. The molecular formula is C16H29N5O6S2. The lowest BCUT2D eigenvalue weighted by molar-refractivity contribution is -0.142. The predicted molar refractivity (Wildman–Crippen MR) is 112 cm³/mol. The lowest BCUT2D eigenvalue weighted by Crippen LogP contribution is -2.58. The van der Waals surface area contributed by atoms with Gasteiger partial charge in [0.15, 0.2) is 0 Å². The van der Waals surface area contributed by atoms with Gasteiger partial charge in [-0.2, -0.15) is 25.3 Å². The van der Waals surface area contributed by atoms with Gasteiger partial charge < -0.3 is 32.5 Å². The fourth-order valence-corrected chi connectivity index (χ4v) is 2.63. The van der Waals surface area contributed by atoms with Gasteiger partial charge in [0.25, 0.3) is 0 Å². The summed E-state index contributed by atoms with van der Waals surface area (Å²) in [7, 11) is 0. The zero-order valence-electron chi connectivity index (χ0n) is 16.3. The van der Waals surface area contributed by atoms with Gasteiger partial charge in [0.05, 0.1) is 12.5 Å². The van der Waals surface area contributed by atoms with Crippen LogP contribution in [-0.2, 0) is 24.0 Å². The Morgan fingerprint density at radius 3 is 1.76 bits per heavy atom. The van der Waals surface area contributed by atoms with Crippen LogP contribution in [0, 0.1) is 5.92 Å². The van der Waals surface area contributed by atoms with Gasteiger partial charge in [-0.1, -0.05) is 13.8 Å². The second-order valence-corrected chi connectivity index (χ2v) is 7.52. The van der Waals surface area contributed by atoms with Crippen LogP contribution in [0.4, 0.5) is 0 Å². The molecule has 166 valence electrons. The molecule has 0 bridgehead atoms. The second-order valence-electron chi connectivity index (χ2n) is 6.79. The van der Waals surface area contributed by atoms with Crippen LogP contribution >= 0.6 is 25.3 Å². The Balaban J connectivity index is 5.21. The first-order valence-corrected chi connectivity index (χ1v) is 10.1. The highest BCUT2D eigenvalue weighted by molar-refractivity contribution is 7.80. The van der Waals surface area contributed by atoms with E-state index < -0.39 is 60.2 Å². The van der Waals surface area contributed by atoms with Crippen molar-refractivity contribution in [2.45, 2.75) is 50.9 Å². The van der Waals surface area contributed by atoms with E-state index in [4.69, 9.17) is 11.5 Å². The summed E-state index contributed by atoms with van der Waals surface area (Å²) in [5.41, 5.74) is 10.6. The maximum atomic E-state index is 12.5. The quantitative estimate of drug-likeness (QED) is 0.143. The zero-order chi connectivity index (χ0) is 22.7. The van der Waals surface area contributed by atoms with Gasteiger partial charge >= 0.3 is 5.97 Å². The zero-order valence-corrected chi connectivity index (χ0v) is 18.0. The van der Waals surface area contributed by atoms with Crippen molar-refractivity contribution in [2.24, 2.45) is 17.4 Å². The number of nitrogens with one attached hydrogen (secondary N) is 3. The van der Waals surface area contributed by atoms with Gasteiger partial charge in [0.1, 0.15) is 18.1 Å². The molecule has 4 atom stereocenters. The molecule has 0 saturated heterocycles. The number of rotatable bonds is 13. The van der Waals surface area contributed by atoms with Gasteiger partial charge in [0.2, 0.25) is 23.6 Å². The first-order valence-electron chi connectivity index (χ1n) is 8.82. The number of nitrogens with two attached hydrogens (primary N) is 2. The van der Waals surface area contributed by atoms with E-state index in [0.29, 0.717) is 0 Å². The molecule has 8 N–H and O–H groups in total. The lowest BCUT2D eigenvalue weighted by Gasteiger charge is -2.24. The fourth-order valence-electron chi connectivity index (χ4n) is 2.20. The van der Waals surface area contributed by atoms with Crippen molar-refractivity contribution < 1.29 is 29.1 Å². The number of carboxylic acid groups (broad SMARTS) is 1. The van der Waals surface area contributed by atoms with Gasteiger partial charge in [0, 0.05) is 11.5 Å². The number of thiol groups is 2. The van der Waals surface area contributed by atoms with E-state index in [1.165, 1.54) is 0 Å². The van der Waals surface area contributed by atoms with E-state index in [9.17, 15) is 29.1 Å².